The molecule has 2 unspecified atom stereocenters. The Labute approximate surface area is 77.1 Å². The van der Waals surface area contributed by atoms with Gasteiger partial charge in [0.2, 0.25) is 0 Å². The smallest absolute Gasteiger partial charge is 0.0200 e. The molecule has 0 fully saturated rings. The molecule has 0 aromatic heterocycles. The van der Waals surface area contributed by atoms with Gasteiger partial charge in [0, 0.05) is 0 Å². The first kappa shape index (κ1) is 9.83. The van der Waals surface area contributed by atoms with Crippen molar-refractivity contribution < 1.29 is 0 Å². The average molecular weight is 166 g/mol. The lowest BCUT2D eigenvalue weighted by Crippen LogP contribution is -2.06. The molecular formula is C12H22. The molecule has 0 bridgehead atoms. The van der Waals surface area contributed by atoms with Gasteiger partial charge in [0.05, 0.1) is 0 Å². The maximum atomic E-state index is 2.40. The second-order valence-corrected chi connectivity index (χ2v) is 4.36. The van der Waals surface area contributed by atoms with E-state index in [1.54, 1.807) is 11.1 Å². The molecule has 0 spiro atoms. The predicted molar refractivity (Wildman–Crippen MR) is 55.2 cm³/mol. The summed E-state index contributed by atoms with van der Waals surface area (Å²) in [4.78, 5) is 0. The van der Waals surface area contributed by atoms with E-state index in [1.165, 1.54) is 25.7 Å². The number of hydrogen-bond donors (Lipinski definition) is 0. The lowest BCUT2D eigenvalue weighted by Gasteiger charge is -2.16. The van der Waals surface area contributed by atoms with Crippen molar-refractivity contribution in [1.82, 2.24) is 0 Å². The first-order valence-electron chi connectivity index (χ1n) is 5.33. The Morgan fingerprint density at radius 3 is 2.42 bits per heavy atom. The van der Waals surface area contributed by atoms with Crippen LogP contribution < -0.4 is 0 Å². The first-order valence-corrected chi connectivity index (χ1v) is 5.33. The molecule has 0 saturated heterocycles. The molecule has 2 atom stereocenters. The summed E-state index contributed by atoms with van der Waals surface area (Å²) in [6, 6.07) is 0. The van der Waals surface area contributed by atoms with Crippen LogP contribution in [0.2, 0.25) is 0 Å². The van der Waals surface area contributed by atoms with Crippen LogP contribution in [0.5, 0.6) is 0 Å². The van der Waals surface area contributed by atoms with Crippen LogP contribution in [0.3, 0.4) is 0 Å². The van der Waals surface area contributed by atoms with Gasteiger partial charge in [-0.05, 0) is 38.5 Å². The summed E-state index contributed by atoms with van der Waals surface area (Å²) in [5, 5.41) is 0. The number of hydrogen-bond acceptors (Lipinski definition) is 0. The summed E-state index contributed by atoms with van der Waals surface area (Å²) in [6.07, 6.45) is 5.57. The van der Waals surface area contributed by atoms with Gasteiger partial charge in [0.25, 0.3) is 0 Å². The van der Waals surface area contributed by atoms with Gasteiger partial charge in [-0.25, -0.2) is 0 Å². The van der Waals surface area contributed by atoms with E-state index in [4.69, 9.17) is 0 Å². The van der Waals surface area contributed by atoms with Crippen molar-refractivity contribution in [2.24, 2.45) is 11.8 Å². The van der Waals surface area contributed by atoms with Crippen molar-refractivity contribution in [3.05, 3.63) is 11.1 Å². The molecule has 0 aliphatic heterocycles. The number of unbranched alkanes of at least 4 members (excludes halogenated alkanes) is 1. The topological polar surface area (TPSA) is 0 Å². The Morgan fingerprint density at radius 1 is 1.33 bits per heavy atom. The van der Waals surface area contributed by atoms with Crippen molar-refractivity contribution in [1.29, 1.82) is 0 Å². The third-order valence-corrected chi connectivity index (χ3v) is 3.56. The quantitative estimate of drug-likeness (QED) is 0.552. The Bertz CT molecular complexity index is 176. The lowest BCUT2D eigenvalue weighted by atomic mass is 9.89. The van der Waals surface area contributed by atoms with Gasteiger partial charge in [-0.1, -0.05) is 37.8 Å². The van der Waals surface area contributed by atoms with Gasteiger partial charge >= 0.3 is 0 Å². The van der Waals surface area contributed by atoms with Gasteiger partial charge < -0.3 is 0 Å². The molecule has 0 nitrogen and oxygen atoms in total. The molecule has 0 heteroatoms. The Morgan fingerprint density at radius 2 is 2.00 bits per heavy atom. The molecule has 1 aliphatic rings. The van der Waals surface area contributed by atoms with Crippen molar-refractivity contribution in [3.8, 4) is 0 Å². The molecule has 0 radical (unpaired) electrons. The second-order valence-electron chi connectivity index (χ2n) is 4.36. The fraction of sp³-hybridized carbons (Fsp3) is 0.833. The average Bonchev–Trinajstić information content (AvgIpc) is 2.30. The standard InChI is InChI=1S/C12H22/c1-5-6-7-12-8-9(2)10(3)11(12)4/h11-12H,5-8H2,1-4H3. The van der Waals surface area contributed by atoms with Crippen molar-refractivity contribution in [2.75, 3.05) is 0 Å². The van der Waals surface area contributed by atoms with E-state index < -0.39 is 0 Å². The van der Waals surface area contributed by atoms with E-state index in [0.29, 0.717) is 0 Å². The minimum atomic E-state index is 0.858. The van der Waals surface area contributed by atoms with E-state index in [2.05, 4.69) is 27.7 Å². The highest BCUT2D eigenvalue weighted by molar-refractivity contribution is 5.20. The lowest BCUT2D eigenvalue weighted by molar-refractivity contribution is 0.394. The molecule has 1 rings (SSSR count). The molecule has 0 saturated carbocycles. The second kappa shape index (κ2) is 4.11. The maximum absolute atomic E-state index is 2.40. The highest BCUT2D eigenvalue weighted by atomic mass is 14.3. The van der Waals surface area contributed by atoms with Crippen molar-refractivity contribution in [3.63, 3.8) is 0 Å². The summed E-state index contributed by atoms with van der Waals surface area (Å²) in [6.45, 7) is 9.29. The minimum absolute atomic E-state index is 0.858. The van der Waals surface area contributed by atoms with Crippen LogP contribution in [0.4, 0.5) is 0 Å². The molecule has 0 aromatic carbocycles. The van der Waals surface area contributed by atoms with Gasteiger partial charge in [-0.3, -0.25) is 0 Å². The largest absolute Gasteiger partial charge is 0.0738 e. The van der Waals surface area contributed by atoms with E-state index in [1.807, 2.05) is 0 Å². The first-order chi connectivity index (χ1) is 5.66. The zero-order valence-electron chi connectivity index (χ0n) is 8.98. The molecule has 1 aliphatic carbocycles. The van der Waals surface area contributed by atoms with Gasteiger partial charge in [0.15, 0.2) is 0 Å². The highest BCUT2D eigenvalue weighted by Gasteiger charge is 2.25. The summed E-state index contributed by atoms with van der Waals surface area (Å²) in [5.41, 5.74) is 3.32. The zero-order chi connectivity index (χ0) is 9.14. The molecular weight excluding hydrogens is 144 g/mol. The monoisotopic (exact) mass is 166 g/mol. The van der Waals surface area contributed by atoms with E-state index in [9.17, 15) is 0 Å². The van der Waals surface area contributed by atoms with Crippen LogP contribution in [0.15, 0.2) is 11.1 Å². The fourth-order valence-corrected chi connectivity index (χ4v) is 2.29. The van der Waals surface area contributed by atoms with Gasteiger partial charge in [-0.2, -0.15) is 0 Å². The highest BCUT2D eigenvalue weighted by Crippen LogP contribution is 2.38. The SMILES string of the molecule is CCCCC1CC(C)=C(C)C1C. The normalized spacial score (nSPS) is 30.0. The van der Waals surface area contributed by atoms with Crippen LogP contribution in [-0.4, -0.2) is 0 Å². The molecule has 0 heterocycles. The van der Waals surface area contributed by atoms with Crippen LogP contribution in [0.25, 0.3) is 0 Å². The third kappa shape index (κ3) is 1.91. The summed E-state index contributed by atoms with van der Waals surface area (Å²) >= 11 is 0. The third-order valence-electron chi connectivity index (χ3n) is 3.56. The maximum Gasteiger partial charge on any atom is -0.0200 e. The Hall–Kier alpha value is -0.260. The van der Waals surface area contributed by atoms with Crippen LogP contribution >= 0.6 is 0 Å². The summed E-state index contributed by atoms with van der Waals surface area (Å²) in [5.74, 6) is 1.82. The number of rotatable bonds is 3. The van der Waals surface area contributed by atoms with E-state index in [-0.39, 0.29) is 0 Å². The Balaban J connectivity index is 2.43. The summed E-state index contributed by atoms with van der Waals surface area (Å²) < 4.78 is 0. The van der Waals surface area contributed by atoms with Crippen LogP contribution in [-0.2, 0) is 0 Å². The summed E-state index contributed by atoms with van der Waals surface area (Å²) in [7, 11) is 0. The number of allylic oxidation sites excluding steroid dienone is 2. The zero-order valence-corrected chi connectivity index (χ0v) is 8.98. The minimum Gasteiger partial charge on any atom is -0.0738 e. The van der Waals surface area contributed by atoms with Gasteiger partial charge in [-0.15, -0.1) is 0 Å². The van der Waals surface area contributed by atoms with Crippen molar-refractivity contribution >= 4 is 0 Å². The Kier molecular flexibility index (Phi) is 3.37. The molecule has 0 aromatic rings. The van der Waals surface area contributed by atoms with Crippen LogP contribution in [0, 0.1) is 11.8 Å². The van der Waals surface area contributed by atoms with E-state index in [0.717, 1.165) is 11.8 Å². The molecule has 0 amide bonds. The van der Waals surface area contributed by atoms with Crippen molar-refractivity contribution in [2.45, 2.75) is 53.4 Å². The van der Waals surface area contributed by atoms with Gasteiger partial charge in [0.1, 0.15) is 0 Å². The molecule has 0 N–H and O–H groups in total. The molecule has 12 heavy (non-hydrogen) atoms. The fourth-order valence-electron chi connectivity index (χ4n) is 2.29. The van der Waals surface area contributed by atoms with Crippen LogP contribution in [0.1, 0.15) is 53.4 Å². The van der Waals surface area contributed by atoms with E-state index >= 15 is 0 Å². The molecule has 70 valence electrons. The predicted octanol–water partition coefficient (Wildman–Crippen LogP) is 4.17.